The number of thiophene rings is 1. The Kier molecular flexibility index (Phi) is 6.59. The van der Waals surface area contributed by atoms with E-state index < -0.39 is 17.1 Å². The van der Waals surface area contributed by atoms with E-state index in [1.54, 1.807) is 0 Å². The van der Waals surface area contributed by atoms with E-state index in [0.717, 1.165) is 10.4 Å². The van der Waals surface area contributed by atoms with Gasteiger partial charge in [0.2, 0.25) is 5.91 Å². The smallest absolute Gasteiger partial charge is 0.250 e. The molecule has 0 aliphatic carbocycles. The molecule has 0 saturated heterocycles. The first-order valence-corrected chi connectivity index (χ1v) is 11.2. The maximum atomic E-state index is 13.1. The number of carbonyl (C=O) groups is 2. The van der Waals surface area contributed by atoms with Crippen molar-refractivity contribution in [1.29, 1.82) is 0 Å². The van der Waals surface area contributed by atoms with E-state index in [9.17, 15) is 9.59 Å². The third-order valence-corrected chi connectivity index (χ3v) is 6.54. The van der Waals surface area contributed by atoms with Gasteiger partial charge in [-0.3, -0.25) is 14.7 Å². The van der Waals surface area contributed by atoms with Gasteiger partial charge in [0.05, 0.1) is 35.7 Å². The molecule has 1 aliphatic heterocycles. The van der Waals surface area contributed by atoms with Crippen LogP contribution in [-0.4, -0.2) is 46.8 Å². The van der Waals surface area contributed by atoms with Gasteiger partial charge in [0.25, 0.3) is 0 Å². The van der Waals surface area contributed by atoms with Crippen molar-refractivity contribution in [2.45, 2.75) is 71.7 Å². The van der Waals surface area contributed by atoms with Gasteiger partial charge in [-0.05, 0) is 47.1 Å². The molecule has 8 nitrogen and oxygen atoms in total. The molecule has 0 radical (unpaired) electrons. The van der Waals surface area contributed by atoms with Crippen molar-refractivity contribution in [2.75, 3.05) is 13.2 Å². The van der Waals surface area contributed by atoms with Gasteiger partial charge in [0.1, 0.15) is 12.3 Å². The van der Waals surface area contributed by atoms with Gasteiger partial charge in [0.15, 0.2) is 11.5 Å². The van der Waals surface area contributed by atoms with Crippen LogP contribution in [0.15, 0.2) is 6.20 Å². The minimum absolute atomic E-state index is 0.0213. The summed E-state index contributed by atoms with van der Waals surface area (Å²) in [6, 6.07) is 0. The van der Waals surface area contributed by atoms with E-state index in [1.807, 2.05) is 41.5 Å². The predicted molar refractivity (Wildman–Crippen MR) is 118 cm³/mol. The summed E-state index contributed by atoms with van der Waals surface area (Å²) in [5, 5.41) is 6.66. The number of Topliss-reactive ketones (excluding diaryl/α,β-unsaturated/α-hetero) is 1. The Morgan fingerprint density at radius 1 is 1.29 bits per heavy atom. The van der Waals surface area contributed by atoms with E-state index in [1.165, 1.54) is 17.5 Å². The SMILES string of the molecule is CC(C)OCCOc1cn[nH]c1C(=O)Cc1sc2c(c1C(N)=O)CC(C)(C)OC2(C)C. The number of aromatic nitrogens is 2. The van der Waals surface area contributed by atoms with E-state index in [0.29, 0.717) is 35.8 Å². The molecule has 3 N–H and O–H groups in total. The molecule has 0 spiro atoms. The van der Waals surface area contributed by atoms with Gasteiger partial charge in [-0.25, -0.2) is 0 Å². The highest BCUT2D eigenvalue weighted by Gasteiger charge is 2.42. The maximum Gasteiger partial charge on any atom is 0.250 e. The lowest BCUT2D eigenvalue weighted by Gasteiger charge is -2.41. The molecule has 2 aromatic heterocycles. The van der Waals surface area contributed by atoms with E-state index in [4.69, 9.17) is 19.9 Å². The van der Waals surface area contributed by atoms with Crippen LogP contribution < -0.4 is 10.5 Å². The topological polar surface area (TPSA) is 117 Å². The molecule has 1 aliphatic rings. The van der Waals surface area contributed by atoms with Gasteiger partial charge in [-0.15, -0.1) is 11.3 Å². The number of hydrogen-bond donors (Lipinski definition) is 2. The lowest BCUT2D eigenvalue weighted by molar-refractivity contribution is -0.135. The lowest BCUT2D eigenvalue weighted by Crippen LogP contribution is -2.42. The molecule has 2 aromatic rings. The van der Waals surface area contributed by atoms with Crippen LogP contribution in [0.4, 0.5) is 0 Å². The number of primary amides is 1. The highest BCUT2D eigenvalue weighted by atomic mass is 32.1. The highest BCUT2D eigenvalue weighted by molar-refractivity contribution is 7.12. The van der Waals surface area contributed by atoms with Crippen LogP contribution in [0.2, 0.25) is 0 Å². The molecular formula is C22H31N3O5S. The second kappa shape index (κ2) is 8.72. The number of nitrogens with one attached hydrogen (secondary N) is 1. The zero-order valence-electron chi connectivity index (χ0n) is 19.0. The number of rotatable bonds is 9. The molecule has 9 heteroatoms. The Bertz CT molecular complexity index is 974. The number of ether oxygens (including phenoxy) is 3. The largest absolute Gasteiger partial charge is 0.487 e. The van der Waals surface area contributed by atoms with Crippen LogP contribution in [0.3, 0.4) is 0 Å². The van der Waals surface area contributed by atoms with Crippen LogP contribution >= 0.6 is 11.3 Å². The van der Waals surface area contributed by atoms with Gasteiger partial charge >= 0.3 is 0 Å². The third-order valence-electron chi connectivity index (χ3n) is 5.00. The van der Waals surface area contributed by atoms with Crippen molar-refractivity contribution in [1.82, 2.24) is 10.2 Å². The number of ketones is 1. The van der Waals surface area contributed by atoms with Crippen molar-refractivity contribution in [3.05, 3.63) is 32.8 Å². The molecule has 3 heterocycles. The first kappa shape index (κ1) is 23.4. The summed E-state index contributed by atoms with van der Waals surface area (Å²) in [4.78, 5) is 27.0. The molecular weight excluding hydrogens is 418 g/mol. The molecule has 0 bridgehead atoms. The summed E-state index contributed by atoms with van der Waals surface area (Å²) < 4.78 is 17.3. The maximum absolute atomic E-state index is 13.1. The number of carbonyl (C=O) groups excluding carboxylic acids is 2. The van der Waals surface area contributed by atoms with Crippen molar-refractivity contribution in [3.63, 3.8) is 0 Å². The average Bonchev–Trinajstić information content (AvgIpc) is 3.21. The number of fused-ring (bicyclic) bond motifs is 1. The molecule has 1 amide bonds. The summed E-state index contributed by atoms with van der Waals surface area (Å²) in [6.45, 7) is 12.5. The number of hydrogen-bond acceptors (Lipinski definition) is 7. The molecule has 0 atom stereocenters. The summed E-state index contributed by atoms with van der Waals surface area (Å²) in [7, 11) is 0. The third kappa shape index (κ3) is 5.16. The van der Waals surface area contributed by atoms with Crippen LogP contribution in [0.1, 0.15) is 77.7 Å². The molecule has 0 fully saturated rings. The molecule has 0 saturated carbocycles. The minimum atomic E-state index is -0.577. The standard InChI is InChI=1S/C22H31N3O5S/c1-12(2)28-7-8-29-15-11-24-25-18(15)14(26)9-16-17(20(23)27)13-10-21(3,4)30-22(5,6)19(13)31-16/h11-12H,7-10H2,1-6H3,(H2,23,27)(H,24,25). The van der Waals surface area contributed by atoms with Crippen LogP contribution in [0, 0.1) is 0 Å². The minimum Gasteiger partial charge on any atom is -0.487 e. The van der Waals surface area contributed by atoms with E-state index in [2.05, 4.69) is 10.2 Å². The van der Waals surface area contributed by atoms with Crippen LogP contribution in [0.25, 0.3) is 0 Å². The first-order valence-electron chi connectivity index (χ1n) is 10.4. The molecule has 170 valence electrons. The fourth-order valence-electron chi connectivity index (χ4n) is 4.04. The van der Waals surface area contributed by atoms with Crippen molar-refractivity contribution in [3.8, 4) is 5.75 Å². The number of nitrogens with zero attached hydrogens (tertiary/aromatic N) is 1. The second-order valence-electron chi connectivity index (χ2n) is 9.10. The Hall–Kier alpha value is -2.23. The van der Waals surface area contributed by atoms with Gasteiger partial charge < -0.3 is 19.9 Å². The van der Waals surface area contributed by atoms with Crippen molar-refractivity contribution < 1.29 is 23.8 Å². The van der Waals surface area contributed by atoms with Crippen molar-refractivity contribution in [2.24, 2.45) is 5.73 Å². The monoisotopic (exact) mass is 449 g/mol. The summed E-state index contributed by atoms with van der Waals surface area (Å²) in [6.07, 6.45) is 2.15. The fourth-order valence-corrected chi connectivity index (χ4v) is 5.40. The van der Waals surface area contributed by atoms with Gasteiger partial charge in [-0.1, -0.05) is 0 Å². The van der Waals surface area contributed by atoms with Crippen molar-refractivity contribution >= 4 is 23.0 Å². The average molecular weight is 450 g/mol. The highest BCUT2D eigenvalue weighted by Crippen LogP contribution is 2.46. The Morgan fingerprint density at radius 3 is 2.65 bits per heavy atom. The number of aromatic amines is 1. The number of nitrogens with two attached hydrogens (primary N) is 1. The van der Waals surface area contributed by atoms with E-state index >= 15 is 0 Å². The lowest BCUT2D eigenvalue weighted by atomic mass is 9.85. The van der Waals surface area contributed by atoms with Crippen LogP contribution in [0.5, 0.6) is 5.75 Å². The van der Waals surface area contributed by atoms with E-state index in [-0.39, 0.29) is 24.0 Å². The molecule has 3 rings (SSSR count). The van der Waals surface area contributed by atoms with Gasteiger partial charge in [0, 0.05) is 22.6 Å². The molecule has 31 heavy (non-hydrogen) atoms. The molecule has 0 unspecified atom stereocenters. The number of amides is 1. The number of H-pyrrole nitrogens is 1. The summed E-state index contributed by atoms with van der Waals surface area (Å²) >= 11 is 1.41. The summed E-state index contributed by atoms with van der Waals surface area (Å²) in [5.41, 5.74) is 6.31. The Balaban J connectivity index is 1.84. The zero-order valence-corrected chi connectivity index (χ0v) is 19.8. The first-order chi connectivity index (χ1) is 14.4. The Labute approximate surface area is 186 Å². The normalized spacial score (nSPS) is 16.9. The van der Waals surface area contributed by atoms with Gasteiger partial charge in [-0.2, -0.15) is 5.10 Å². The second-order valence-corrected chi connectivity index (χ2v) is 10.2. The summed E-state index contributed by atoms with van der Waals surface area (Å²) in [5.74, 6) is -0.388. The van der Waals surface area contributed by atoms with Crippen LogP contribution in [-0.2, 0) is 27.9 Å². The quantitative estimate of drug-likeness (QED) is 0.448. The fraction of sp³-hybridized carbons (Fsp3) is 0.591. The predicted octanol–water partition coefficient (Wildman–Crippen LogP) is 3.39. The zero-order chi connectivity index (χ0) is 23.0. The molecule has 0 aromatic carbocycles. The Morgan fingerprint density at radius 2 is 2.00 bits per heavy atom.